The first-order valence-electron chi connectivity index (χ1n) is 10.1. The highest BCUT2D eigenvalue weighted by atomic mass is 32.2. The number of esters is 1. The van der Waals surface area contributed by atoms with Crippen molar-refractivity contribution >= 4 is 41.1 Å². The fourth-order valence-corrected chi connectivity index (χ4v) is 3.17. The Bertz CT molecular complexity index is 954. The van der Waals surface area contributed by atoms with E-state index in [4.69, 9.17) is 4.74 Å². The highest BCUT2D eigenvalue weighted by Gasteiger charge is 2.21. The SMILES string of the molecule is COC(=O)CNC(=O)c1cccc(NC(=O)C(CCSC)NC(=O)COc2ccccc2)c1. The highest BCUT2D eigenvalue weighted by molar-refractivity contribution is 7.98. The second-order valence-electron chi connectivity index (χ2n) is 6.83. The molecule has 0 bridgehead atoms. The quantitative estimate of drug-likeness (QED) is 0.402. The number of nitrogens with one attached hydrogen (secondary N) is 3. The van der Waals surface area contributed by atoms with E-state index in [2.05, 4.69) is 20.7 Å². The Kier molecular flexibility index (Phi) is 10.8. The van der Waals surface area contributed by atoms with Gasteiger partial charge in [-0.25, -0.2) is 0 Å². The van der Waals surface area contributed by atoms with Crippen molar-refractivity contribution in [1.82, 2.24) is 10.6 Å². The average molecular weight is 474 g/mol. The summed E-state index contributed by atoms with van der Waals surface area (Å²) in [5, 5.41) is 7.86. The van der Waals surface area contributed by atoms with E-state index in [1.165, 1.54) is 13.2 Å². The van der Waals surface area contributed by atoms with Gasteiger partial charge in [0.15, 0.2) is 6.61 Å². The lowest BCUT2D eigenvalue weighted by Gasteiger charge is -2.18. The molecule has 10 heteroatoms. The monoisotopic (exact) mass is 473 g/mol. The van der Waals surface area contributed by atoms with Gasteiger partial charge < -0.3 is 25.4 Å². The lowest BCUT2D eigenvalue weighted by Crippen LogP contribution is -2.45. The lowest BCUT2D eigenvalue weighted by molar-refractivity contribution is -0.139. The fourth-order valence-electron chi connectivity index (χ4n) is 2.70. The van der Waals surface area contributed by atoms with Crippen LogP contribution in [0.2, 0.25) is 0 Å². The molecule has 1 unspecified atom stereocenters. The second-order valence-corrected chi connectivity index (χ2v) is 7.82. The molecular formula is C23H27N3O6S. The van der Waals surface area contributed by atoms with Crippen LogP contribution >= 0.6 is 11.8 Å². The second kappa shape index (κ2) is 13.8. The van der Waals surface area contributed by atoms with Crippen molar-refractivity contribution in [1.29, 1.82) is 0 Å². The number of benzene rings is 2. The summed E-state index contributed by atoms with van der Waals surface area (Å²) >= 11 is 1.55. The molecule has 9 nitrogen and oxygen atoms in total. The highest BCUT2D eigenvalue weighted by Crippen LogP contribution is 2.13. The molecule has 3 amide bonds. The molecule has 176 valence electrons. The minimum absolute atomic E-state index is 0.219. The average Bonchev–Trinajstić information content (AvgIpc) is 2.84. The summed E-state index contributed by atoms with van der Waals surface area (Å²) in [6, 6.07) is 14.4. The molecule has 0 saturated carbocycles. The van der Waals surface area contributed by atoms with Gasteiger partial charge in [0, 0.05) is 11.3 Å². The van der Waals surface area contributed by atoms with E-state index in [-0.39, 0.29) is 18.7 Å². The number of rotatable bonds is 12. The van der Waals surface area contributed by atoms with Gasteiger partial charge in [-0.15, -0.1) is 0 Å². The lowest BCUT2D eigenvalue weighted by atomic mass is 10.1. The molecule has 3 N–H and O–H groups in total. The van der Waals surface area contributed by atoms with Crippen LogP contribution in [-0.4, -0.2) is 62.0 Å². The van der Waals surface area contributed by atoms with Crippen LogP contribution in [-0.2, 0) is 19.1 Å². The zero-order valence-corrected chi connectivity index (χ0v) is 19.3. The summed E-state index contributed by atoms with van der Waals surface area (Å²) in [5.41, 5.74) is 0.646. The third kappa shape index (κ3) is 9.24. The molecule has 2 aromatic carbocycles. The van der Waals surface area contributed by atoms with Crippen LogP contribution in [0.25, 0.3) is 0 Å². The van der Waals surface area contributed by atoms with E-state index in [9.17, 15) is 19.2 Å². The number of anilines is 1. The Hall–Kier alpha value is -3.53. The van der Waals surface area contributed by atoms with Crippen molar-refractivity contribution in [2.45, 2.75) is 12.5 Å². The van der Waals surface area contributed by atoms with Crippen molar-refractivity contribution in [3.63, 3.8) is 0 Å². The summed E-state index contributed by atoms with van der Waals surface area (Å²) in [5.74, 6) is -0.674. The first kappa shape index (κ1) is 25.7. The van der Waals surface area contributed by atoms with Crippen LogP contribution in [0, 0.1) is 0 Å². The van der Waals surface area contributed by atoms with E-state index >= 15 is 0 Å². The first-order chi connectivity index (χ1) is 15.9. The number of hydrogen-bond acceptors (Lipinski definition) is 7. The third-order valence-corrected chi connectivity index (χ3v) is 5.03. The minimum Gasteiger partial charge on any atom is -0.484 e. The number of carbonyl (C=O) groups is 4. The maximum atomic E-state index is 12.8. The molecular weight excluding hydrogens is 446 g/mol. The summed E-state index contributed by atoms with van der Waals surface area (Å²) in [6.07, 6.45) is 2.33. The molecule has 0 aromatic heterocycles. The van der Waals surface area contributed by atoms with Gasteiger partial charge in [-0.05, 0) is 48.8 Å². The van der Waals surface area contributed by atoms with Crippen LogP contribution in [0.4, 0.5) is 5.69 Å². The molecule has 33 heavy (non-hydrogen) atoms. The maximum Gasteiger partial charge on any atom is 0.325 e. The Balaban J connectivity index is 1.97. The Morgan fingerprint density at radius 3 is 2.48 bits per heavy atom. The van der Waals surface area contributed by atoms with Crippen LogP contribution < -0.4 is 20.7 Å². The number of carbonyl (C=O) groups excluding carboxylic acids is 4. The molecule has 0 aliphatic rings. The molecule has 0 aliphatic carbocycles. The molecule has 0 fully saturated rings. The summed E-state index contributed by atoms with van der Waals surface area (Å²) in [6.45, 7) is -0.483. The summed E-state index contributed by atoms with van der Waals surface area (Å²) in [4.78, 5) is 48.6. The molecule has 0 saturated heterocycles. The van der Waals surface area contributed by atoms with Gasteiger partial charge in [-0.3, -0.25) is 19.2 Å². The zero-order valence-electron chi connectivity index (χ0n) is 18.5. The summed E-state index contributed by atoms with van der Waals surface area (Å²) < 4.78 is 9.92. The van der Waals surface area contributed by atoms with Crippen molar-refractivity contribution in [2.24, 2.45) is 0 Å². The molecule has 1 atom stereocenters. The van der Waals surface area contributed by atoms with Crippen molar-refractivity contribution in [2.75, 3.05) is 37.6 Å². The van der Waals surface area contributed by atoms with Gasteiger partial charge in [-0.2, -0.15) is 11.8 Å². The fraction of sp³-hybridized carbons (Fsp3) is 0.304. The van der Waals surface area contributed by atoms with Crippen LogP contribution in [0.5, 0.6) is 5.75 Å². The van der Waals surface area contributed by atoms with E-state index in [1.807, 2.05) is 12.3 Å². The van der Waals surface area contributed by atoms with Crippen LogP contribution in [0.15, 0.2) is 54.6 Å². The smallest absolute Gasteiger partial charge is 0.325 e. The van der Waals surface area contributed by atoms with Gasteiger partial charge in [0.05, 0.1) is 7.11 Å². The first-order valence-corrected chi connectivity index (χ1v) is 11.5. The Morgan fingerprint density at radius 2 is 1.79 bits per heavy atom. The number of para-hydroxylation sites is 1. The molecule has 2 aromatic rings. The van der Waals surface area contributed by atoms with Gasteiger partial charge >= 0.3 is 5.97 Å². The predicted octanol–water partition coefficient (Wildman–Crippen LogP) is 1.84. The number of thioether (sulfide) groups is 1. The number of amides is 3. The third-order valence-electron chi connectivity index (χ3n) is 4.39. The molecule has 0 aliphatic heterocycles. The van der Waals surface area contributed by atoms with Crippen molar-refractivity contribution < 1.29 is 28.7 Å². The maximum absolute atomic E-state index is 12.8. The molecule has 0 spiro atoms. The topological polar surface area (TPSA) is 123 Å². The Labute approximate surface area is 196 Å². The van der Waals surface area contributed by atoms with Gasteiger partial charge in [0.1, 0.15) is 18.3 Å². The van der Waals surface area contributed by atoms with Crippen molar-refractivity contribution in [3.05, 3.63) is 60.2 Å². The van der Waals surface area contributed by atoms with Gasteiger partial charge in [0.25, 0.3) is 11.8 Å². The normalized spacial score (nSPS) is 11.1. The van der Waals surface area contributed by atoms with E-state index in [0.717, 1.165) is 0 Å². The van der Waals surface area contributed by atoms with E-state index in [0.29, 0.717) is 23.6 Å². The Morgan fingerprint density at radius 1 is 1.03 bits per heavy atom. The van der Waals surface area contributed by atoms with E-state index < -0.39 is 29.7 Å². The largest absolute Gasteiger partial charge is 0.484 e. The van der Waals surface area contributed by atoms with Gasteiger partial charge in [-0.1, -0.05) is 24.3 Å². The molecule has 0 heterocycles. The standard InChI is InChI=1S/C23H27N3O6S/c1-31-21(28)14-24-22(29)16-7-6-8-17(13-16)25-23(30)19(11-12-33-2)26-20(27)15-32-18-9-4-3-5-10-18/h3-10,13,19H,11-12,14-15H2,1-2H3,(H,24,29)(H,25,30)(H,26,27). The van der Waals surface area contributed by atoms with Crippen LogP contribution in [0.3, 0.4) is 0 Å². The number of ether oxygens (including phenoxy) is 2. The molecule has 0 radical (unpaired) electrons. The summed E-state index contributed by atoms with van der Waals surface area (Å²) in [7, 11) is 1.23. The number of methoxy groups -OCH3 is 1. The van der Waals surface area contributed by atoms with Crippen molar-refractivity contribution in [3.8, 4) is 5.75 Å². The zero-order chi connectivity index (χ0) is 24.1. The van der Waals surface area contributed by atoms with Gasteiger partial charge in [0.2, 0.25) is 5.91 Å². The van der Waals surface area contributed by atoms with Crippen LogP contribution in [0.1, 0.15) is 16.8 Å². The number of hydrogen-bond donors (Lipinski definition) is 3. The molecule has 2 rings (SSSR count). The minimum atomic E-state index is -0.777. The van der Waals surface area contributed by atoms with E-state index in [1.54, 1.807) is 54.2 Å². The predicted molar refractivity (Wildman–Crippen MR) is 126 cm³/mol.